The van der Waals surface area contributed by atoms with Gasteiger partial charge in [-0.25, -0.2) is 5.43 Å². The molecule has 16 heavy (non-hydrogen) atoms. The summed E-state index contributed by atoms with van der Waals surface area (Å²) in [6.07, 6.45) is 3.42. The van der Waals surface area contributed by atoms with Crippen molar-refractivity contribution in [2.45, 2.75) is 19.3 Å². The summed E-state index contributed by atoms with van der Waals surface area (Å²) in [7, 11) is 1.75. The topological polar surface area (TPSA) is 73.0 Å². The second-order valence-electron chi connectivity index (χ2n) is 3.89. The maximum absolute atomic E-state index is 12.0. The van der Waals surface area contributed by atoms with Gasteiger partial charge in [0, 0.05) is 26.2 Å². The average molecular weight is 223 g/mol. The molecule has 1 aliphatic rings. The number of aromatic amines is 1. The van der Waals surface area contributed by atoms with Crippen molar-refractivity contribution in [2.24, 2.45) is 0 Å². The molecule has 6 nitrogen and oxygen atoms in total. The van der Waals surface area contributed by atoms with Crippen LogP contribution in [0, 0.1) is 0 Å². The first-order chi connectivity index (χ1) is 7.81. The molecule has 1 aromatic heterocycles. The molecule has 0 radical (unpaired) electrons. The lowest BCUT2D eigenvalue weighted by atomic mass is 10.1. The van der Waals surface area contributed by atoms with Crippen molar-refractivity contribution in [1.29, 1.82) is 0 Å². The van der Waals surface area contributed by atoms with Crippen LogP contribution in [0.25, 0.3) is 0 Å². The van der Waals surface area contributed by atoms with E-state index in [1.807, 2.05) is 4.90 Å². The summed E-state index contributed by atoms with van der Waals surface area (Å²) in [5, 5.41) is 6.72. The molecule has 2 rings (SSSR count). The molecule has 0 aliphatic carbocycles. The fraction of sp³-hybridized carbons (Fsp3) is 0.600. The number of hydrogen-bond acceptors (Lipinski definition) is 4. The number of amides is 1. The zero-order valence-corrected chi connectivity index (χ0v) is 9.42. The third kappa shape index (κ3) is 2.33. The number of H-pyrrole nitrogens is 1. The number of aromatic nitrogens is 2. The zero-order chi connectivity index (χ0) is 11.4. The molecule has 1 fully saturated rings. The number of hydrogen-bond donors (Lipinski definition) is 3. The van der Waals surface area contributed by atoms with Crippen molar-refractivity contribution < 1.29 is 4.79 Å². The minimum atomic E-state index is 0.0383. The number of nitrogens with zero attached hydrogens (tertiary/aromatic N) is 2. The maximum Gasteiger partial charge on any atom is 0.271 e. The maximum atomic E-state index is 12.0. The second-order valence-corrected chi connectivity index (χ2v) is 3.89. The van der Waals surface area contributed by atoms with Crippen molar-refractivity contribution >= 4 is 11.7 Å². The Hall–Kier alpha value is -1.56. The van der Waals surface area contributed by atoms with Gasteiger partial charge in [-0.2, -0.15) is 5.10 Å². The van der Waals surface area contributed by atoms with Gasteiger partial charge in [0.2, 0.25) is 0 Å². The largest absolute Gasteiger partial charge is 0.337 e. The van der Waals surface area contributed by atoms with Crippen LogP contribution in [0.15, 0.2) is 6.07 Å². The van der Waals surface area contributed by atoms with Crippen molar-refractivity contribution in [3.63, 3.8) is 0 Å². The first kappa shape index (κ1) is 10.9. The molecule has 1 aromatic rings. The van der Waals surface area contributed by atoms with Gasteiger partial charge < -0.3 is 10.3 Å². The number of likely N-dealkylation sites (tertiary alicyclic amines) is 1. The first-order valence-corrected chi connectivity index (χ1v) is 5.58. The highest BCUT2D eigenvalue weighted by molar-refractivity contribution is 5.93. The van der Waals surface area contributed by atoms with Crippen LogP contribution in [0.4, 0.5) is 5.82 Å². The fourth-order valence-corrected chi connectivity index (χ4v) is 1.89. The number of rotatable bonds is 3. The molecule has 88 valence electrons. The van der Waals surface area contributed by atoms with Gasteiger partial charge in [-0.1, -0.05) is 0 Å². The number of hydrazine groups is 1. The van der Waals surface area contributed by atoms with E-state index >= 15 is 0 Å². The van der Waals surface area contributed by atoms with Crippen LogP contribution in [-0.4, -0.2) is 41.1 Å². The summed E-state index contributed by atoms with van der Waals surface area (Å²) in [5.41, 5.74) is 6.12. The Kier molecular flexibility index (Phi) is 3.40. The van der Waals surface area contributed by atoms with Crippen molar-refractivity contribution in [3.05, 3.63) is 11.8 Å². The second kappa shape index (κ2) is 4.98. The molecule has 0 aromatic carbocycles. The summed E-state index contributed by atoms with van der Waals surface area (Å²) < 4.78 is 0. The Morgan fingerprint density at radius 2 is 2.19 bits per heavy atom. The van der Waals surface area contributed by atoms with E-state index in [0.29, 0.717) is 11.5 Å². The number of carbonyl (C=O) groups is 1. The standard InChI is InChI=1S/C10H17N5O/c1-11-13-9-7-8(12-14-9)10(16)15-5-3-2-4-6-15/h7,11H,2-6H2,1H3,(H2,12,13,14). The van der Waals surface area contributed by atoms with E-state index in [1.54, 1.807) is 13.1 Å². The quantitative estimate of drug-likeness (QED) is 0.655. The van der Waals surface area contributed by atoms with Gasteiger partial charge in [0.25, 0.3) is 5.91 Å². The summed E-state index contributed by atoms with van der Waals surface area (Å²) in [5.74, 6) is 0.666. The average Bonchev–Trinajstić information content (AvgIpc) is 2.78. The van der Waals surface area contributed by atoms with Crippen LogP contribution < -0.4 is 10.9 Å². The molecule has 6 heteroatoms. The first-order valence-electron chi connectivity index (χ1n) is 5.58. The number of piperidine rings is 1. The molecule has 0 saturated carbocycles. The highest BCUT2D eigenvalue weighted by atomic mass is 16.2. The Morgan fingerprint density at radius 1 is 1.44 bits per heavy atom. The zero-order valence-electron chi connectivity index (χ0n) is 9.42. The minimum Gasteiger partial charge on any atom is -0.337 e. The Balaban J connectivity index is 2.01. The van der Waals surface area contributed by atoms with Gasteiger partial charge in [0.1, 0.15) is 5.69 Å². The molecule has 3 N–H and O–H groups in total. The highest BCUT2D eigenvalue weighted by Crippen LogP contribution is 2.13. The molecule has 1 aliphatic heterocycles. The van der Waals surface area contributed by atoms with Gasteiger partial charge in [0.15, 0.2) is 5.82 Å². The number of nitrogens with one attached hydrogen (secondary N) is 3. The predicted molar refractivity (Wildman–Crippen MR) is 61.0 cm³/mol. The molecule has 0 atom stereocenters. The molecule has 0 bridgehead atoms. The number of carbonyl (C=O) groups excluding carboxylic acids is 1. The van der Waals surface area contributed by atoms with Crippen molar-refractivity contribution in [1.82, 2.24) is 20.5 Å². The van der Waals surface area contributed by atoms with E-state index < -0.39 is 0 Å². The summed E-state index contributed by atoms with van der Waals surface area (Å²) in [6, 6.07) is 1.72. The van der Waals surface area contributed by atoms with E-state index in [2.05, 4.69) is 21.0 Å². The van der Waals surface area contributed by atoms with E-state index in [4.69, 9.17) is 0 Å². The normalized spacial score (nSPS) is 16.2. The Labute approximate surface area is 94.4 Å². The lowest BCUT2D eigenvalue weighted by Gasteiger charge is -2.25. The predicted octanol–water partition coefficient (Wildman–Crippen LogP) is 0.582. The van der Waals surface area contributed by atoms with Crippen LogP contribution in [0.5, 0.6) is 0 Å². The fourth-order valence-electron chi connectivity index (χ4n) is 1.89. The van der Waals surface area contributed by atoms with Crippen LogP contribution in [-0.2, 0) is 0 Å². The van der Waals surface area contributed by atoms with Crippen LogP contribution >= 0.6 is 0 Å². The molecular formula is C10H17N5O. The number of anilines is 1. The minimum absolute atomic E-state index is 0.0383. The molecule has 1 amide bonds. The monoisotopic (exact) mass is 223 g/mol. The van der Waals surface area contributed by atoms with Crippen molar-refractivity contribution in [2.75, 3.05) is 25.6 Å². The molecular weight excluding hydrogens is 206 g/mol. The van der Waals surface area contributed by atoms with Gasteiger partial charge >= 0.3 is 0 Å². The molecule has 2 heterocycles. The summed E-state index contributed by atoms with van der Waals surface area (Å²) >= 11 is 0. The smallest absolute Gasteiger partial charge is 0.271 e. The van der Waals surface area contributed by atoms with Crippen LogP contribution in [0.2, 0.25) is 0 Å². The summed E-state index contributed by atoms with van der Waals surface area (Å²) in [6.45, 7) is 1.71. The molecule has 1 saturated heterocycles. The Bertz CT molecular complexity index is 356. The highest BCUT2D eigenvalue weighted by Gasteiger charge is 2.19. The third-order valence-electron chi connectivity index (χ3n) is 2.70. The SMILES string of the molecule is CNNc1cc(C(=O)N2CCCCC2)[nH]n1. The summed E-state index contributed by atoms with van der Waals surface area (Å²) in [4.78, 5) is 13.9. The molecule has 0 spiro atoms. The molecule has 0 unspecified atom stereocenters. The lowest BCUT2D eigenvalue weighted by molar-refractivity contribution is 0.0718. The van der Waals surface area contributed by atoms with Gasteiger partial charge in [-0.15, -0.1) is 0 Å². The van der Waals surface area contributed by atoms with Crippen molar-refractivity contribution in [3.8, 4) is 0 Å². The van der Waals surface area contributed by atoms with Gasteiger partial charge in [-0.3, -0.25) is 9.89 Å². The van der Waals surface area contributed by atoms with E-state index in [1.165, 1.54) is 6.42 Å². The van der Waals surface area contributed by atoms with Crippen LogP contribution in [0.3, 0.4) is 0 Å². The van der Waals surface area contributed by atoms with Crippen LogP contribution in [0.1, 0.15) is 29.8 Å². The lowest BCUT2D eigenvalue weighted by Crippen LogP contribution is -2.35. The third-order valence-corrected chi connectivity index (χ3v) is 2.70. The van der Waals surface area contributed by atoms with Gasteiger partial charge in [-0.05, 0) is 19.3 Å². The van der Waals surface area contributed by atoms with E-state index in [0.717, 1.165) is 25.9 Å². The van der Waals surface area contributed by atoms with E-state index in [-0.39, 0.29) is 5.91 Å². The Morgan fingerprint density at radius 3 is 2.88 bits per heavy atom. The van der Waals surface area contributed by atoms with Gasteiger partial charge in [0.05, 0.1) is 0 Å². The van der Waals surface area contributed by atoms with E-state index in [9.17, 15) is 4.79 Å².